The predicted octanol–water partition coefficient (Wildman–Crippen LogP) is 3.48. The Kier molecular flexibility index (Phi) is 5.06. The van der Waals surface area contributed by atoms with Gasteiger partial charge < -0.3 is 25.5 Å². The Balaban J connectivity index is 1.30. The molecule has 0 unspecified atom stereocenters. The normalized spacial score (nSPS) is 27.0. The van der Waals surface area contributed by atoms with E-state index in [9.17, 15) is 0 Å². The summed E-state index contributed by atoms with van der Waals surface area (Å²) in [7, 11) is 0. The van der Waals surface area contributed by atoms with Crippen LogP contribution >= 0.6 is 0 Å². The van der Waals surface area contributed by atoms with Crippen molar-refractivity contribution in [3.05, 3.63) is 42.5 Å². The molecule has 4 N–H and O–H groups in total. The maximum atomic E-state index is 6.37. The largest absolute Gasteiger partial charge is 0.384 e. The van der Waals surface area contributed by atoms with Crippen molar-refractivity contribution in [3.8, 4) is 0 Å². The van der Waals surface area contributed by atoms with Crippen molar-refractivity contribution >= 4 is 22.7 Å². The Morgan fingerprint density at radius 2 is 1.94 bits per heavy atom. The van der Waals surface area contributed by atoms with Crippen LogP contribution in [0.25, 0.3) is 11.0 Å². The van der Waals surface area contributed by atoms with Gasteiger partial charge in [-0.1, -0.05) is 6.42 Å². The molecule has 8 nitrogen and oxygen atoms in total. The van der Waals surface area contributed by atoms with E-state index >= 15 is 0 Å². The van der Waals surface area contributed by atoms with Gasteiger partial charge in [-0.25, -0.2) is 15.0 Å². The fourth-order valence-electron chi connectivity index (χ4n) is 5.26. The Morgan fingerprint density at radius 1 is 1.10 bits per heavy atom. The van der Waals surface area contributed by atoms with Crippen molar-refractivity contribution < 1.29 is 9.47 Å². The molecule has 3 aromatic heterocycles. The molecule has 1 saturated heterocycles. The highest BCUT2D eigenvalue weighted by molar-refractivity contribution is 5.86. The third-order valence-corrected chi connectivity index (χ3v) is 6.58. The maximum Gasteiger partial charge on any atom is 0.163 e. The number of aryl methyl sites for hydroxylation is 1. The molecule has 0 aromatic carbocycles. The molecule has 5 rings (SSSR count). The smallest absolute Gasteiger partial charge is 0.163 e. The molecule has 1 saturated carbocycles. The third-order valence-electron chi connectivity index (χ3n) is 6.58. The number of anilines is 2. The molecule has 2 fully saturated rings. The minimum absolute atomic E-state index is 0.00628. The van der Waals surface area contributed by atoms with Crippen LogP contribution in [0, 0.1) is 5.92 Å². The van der Waals surface area contributed by atoms with Crippen molar-refractivity contribution in [2.75, 3.05) is 11.5 Å². The van der Waals surface area contributed by atoms with Gasteiger partial charge in [0, 0.05) is 12.4 Å². The van der Waals surface area contributed by atoms with Gasteiger partial charge in [-0.3, -0.25) is 0 Å². The van der Waals surface area contributed by atoms with Crippen molar-refractivity contribution in [1.29, 1.82) is 0 Å². The zero-order valence-electron chi connectivity index (χ0n) is 18.1. The molecule has 1 aliphatic carbocycles. The molecule has 164 valence electrons. The summed E-state index contributed by atoms with van der Waals surface area (Å²) in [5.41, 5.74) is 14.0. The molecule has 3 aromatic rings. The van der Waals surface area contributed by atoms with Gasteiger partial charge in [-0.05, 0) is 69.2 Å². The van der Waals surface area contributed by atoms with Crippen molar-refractivity contribution in [1.82, 2.24) is 19.5 Å². The zero-order valence-corrected chi connectivity index (χ0v) is 18.1. The van der Waals surface area contributed by atoms with Crippen LogP contribution in [-0.2, 0) is 15.9 Å². The van der Waals surface area contributed by atoms with Gasteiger partial charge in [-0.15, -0.1) is 0 Å². The molecule has 1 aliphatic heterocycles. The minimum Gasteiger partial charge on any atom is -0.384 e. The highest BCUT2D eigenvalue weighted by Crippen LogP contribution is 2.49. The van der Waals surface area contributed by atoms with Gasteiger partial charge in [0.25, 0.3) is 0 Å². The lowest BCUT2D eigenvalue weighted by molar-refractivity contribution is -0.160. The van der Waals surface area contributed by atoms with E-state index in [1.807, 2.05) is 32.0 Å². The number of hydrogen-bond acceptors (Lipinski definition) is 7. The standard InChI is InChI=1S/C23H30N6O2/c1-23(2)30-19-15(6-4-3-5-14-7-9-26-18(24)11-14)12-17(20(19)31-23)29-10-8-16-21(25)27-13-28-22(16)29/h7-11,13,15,17,19-20H,3-6,12H2,1-2H3,(H2,24,26)(H2,25,27,28)/t15-,17+,19+,20-/m0/s1. The van der Waals surface area contributed by atoms with E-state index in [1.165, 1.54) is 11.9 Å². The lowest BCUT2D eigenvalue weighted by Gasteiger charge is -2.24. The summed E-state index contributed by atoms with van der Waals surface area (Å²) in [4.78, 5) is 12.7. The predicted molar refractivity (Wildman–Crippen MR) is 119 cm³/mol. The fraction of sp³-hybridized carbons (Fsp3) is 0.522. The summed E-state index contributed by atoms with van der Waals surface area (Å²) < 4.78 is 14.9. The number of nitrogens with zero attached hydrogens (tertiary/aromatic N) is 4. The summed E-state index contributed by atoms with van der Waals surface area (Å²) >= 11 is 0. The number of nitrogen functional groups attached to an aromatic ring is 2. The summed E-state index contributed by atoms with van der Waals surface area (Å²) in [6, 6.07) is 6.17. The molecule has 8 heteroatoms. The highest BCUT2D eigenvalue weighted by atomic mass is 16.8. The first kappa shape index (κ1) is 20.2. The Bertz CT molecular complexity index is 1080. The van der Waals surface area contributed by atoms with Crippen LogP contribution < -0.4 is 11.5 Å². The Hall–Kier alpha value is -2.71. The van der Waals surface area contributed by atoms with Gasteiger partial charge in [0.1, 0.15) is 29.7 Å². The third kappa shape index (κ3) is 3.85. The zero-order chi connectivity index (χ0) is 21.6. The average molecular weight is 423 g/mol. The number of pyridine rings is 1. The molecule has 0 bridgehead atoms. The molecule has 2 aliphatic rings. The van der Waals surface area contributed by atoms with Crippen molar-refractivity contribution in [2.24, 2.45) is 5.92 Å². The molecular formula is C23H30N6O2. The number of fused-ring (bicyclic) bond motifs is 2. The molecule has 31 heavy (non-hydrogen) atoms. The first-order valence-corrected chi connectivity index (χ1v) is 11.0. The van der Waals surface area contributed by atoms with E-state index in [4.69, 9.17) is 20.9 Å². The molecule has 0 amide bonds. The number of unbranched alkanes of at least 4 members (excludes halogenated alkanes) is 1. The lowest BCUT2D eigenvalue weighted by atomic mass is 9.96. The van der Waals surface area contributed by atoms with E-state index in [0.717, 1.165) is 43.1 Å². The molecule has 4 heterocycles. The Morgan fingerprint density at radius 3 is 2.77 bits per heavy atom. The maximum absolute atomic E-state index is 6.37. The van der Waals surface area contributed by atoms with Crippen LogP contribution in [0.1, 0.15) is 51.1 Å². The number of ether oxygens (including phenoxy) is 2. The first-order valence-electron chi connectivity index (χ1n) is 11.0. The lowest BCUT2D eigenvalue weighted by Crippen LogP contribution is -2.27. The summed E-state index contributed by atoms with van der Waals surface area (Å²) in [6.07, 6.45) is 10.8. The van der Waals surface area contributed by atoms with Crippen LogP contribution in [0.2, 0.25) is 0 Å². The topological polar surface area (TPSA) is 114 Å². The summed E-state index contributed by atoms with van der Waals surface area (Å²) in [6.45, 7) is 4.00. The van der Waals surface area contributed by atoms with Gasteiger partial charge >= 0.3 is 0 Å². The quantitative estimate of drug-likeness (QED) is 0.585. The summed E-state index contributed by atoms with van der Waals surface area (Å²) in [5, 5.41) is 0.886. The van der Waals surface area contributed by atoms with Crippen LogP contribution in [0.4, 0.5) is 11.6 Å². The van der Waals surface area contributed by atoms with Crippen LogP contribution in [-0.4, -0.2) is 37.5 Å². The number of rotatable bonds is 6. The second-order valence-electron chi connectivity index (χ2n) is 9.18. The van der Waals surface area contributed by atoms with Gasteiger partial charge in [0.05, 0.1) is 17.5 Å². The molecular weight excluding hydrogens is 392 g/mol. The summed E-state index contributed by atoms with van der Waals surface area (Å²) in [5.74, 6) is 0.963. The number of hydrogen-bond donors (Lipinski definition) is 2. The molecule has 0 radical (unpaired) electrons. The van der Waals surface area contributed by atoms with E-state index < -0.39 is 5.79 Å². The Labute approximate surface area is 182 Å². The highest BCUT2D eigenvalue weighted by Gasteiger charge is 2.54. The second kappa shape index (κ2) is 7.76. The van der Waals surface area contributed by atoms with Gasteiger partial charge in [0.2, 0.25) is 0 Å². The van der Waals surface area contributed by atoms with Crippen molar-refractivity contribution in [2.45, 2.75) is 70.0 Å². The van der Waals surface area contributed by atoms with Crippen LogP contribution in [0.15, 0.2) is 36.9 Å². The van der Waals surface area contributed by atoms with Crippen LogP contribution in [0.5, 0.6) is 0 Å². The first-order chi connectivity index (χ1) is 14.9. The SMILES string of the molecule is CC1(C)O[C@@H]2[C@@H](CCCCc3ccnc(N)c3)C[C@@H](n3ccc4c(N)ncnc43)[C@@H]2O1. The number of aromatic nitrogens is 4. The van der Waals surface area contributed by atoms with Gasteiger partial charge in [-0.2, -0.15) is 0 Å². The van der Waals surface area contributed by atoms with Crippen LogP contribution in [0.3, 0.4) is 0 Å². The monoisotopic (exact) mass is 422 g/mol. The number of nitrogens with two attached hydrogens (primary N) is 2. The van der Waals surface area contributed by atoms with Crippen molar-refractivity contribution in [3.63, 3.8) is 0 Å². The van der Waals surface area contributed by atoms with E-state index in [1.54, 1.807) is 6.20 Å². The fourth-order valence-corrected chi connectivity index (χ4v) is 5.26. The average Bonchev–Trinajstić information content (AvgIpc) is 3.37. The second-order valence-corrected chi connectivity index (χ2v) is 9.18. The van der Waals surface area contributed by atoms with Gasteiger partial charge in [0.15, 0.2) is 5.79 Å². The van der Waals surface area contributed by atoms with E-state index in [0.29, 0.717) is 17.6 Å². The molecule has 0 spiro atoms. The van der Waals surface area contributed by atoms with E-state index in [2.05, 4.69) is 25.7 Å². The van der Waals surface area contributed by atoms with E-state index in [-0.39, 0.29) is 18.2 Å². The minimum atomic E-state index is -0.572. The molecule has 4 atom stereocenters.